The first-order valence-electron chi connectivity index (χ1n) is 6.83. The maximum Gasteiger partial charge on any atom is 0.0753 e. The minimum absolute atomic E-state index is 0.203. The Morgan fingerprint density at radius 3 is 2.69 bits per heavy atom. The summed E-state index contributed by atoms with van der Waals surface area (Å²) in [4.78, 5) is 0. The van der Waals surface area contributed by atoms with Crippen molar-refractivity contribution in [1.29, 1.82) is 0 Å². The van der Waals surface area contributed by atoms with E-state index in [1.165, 1.54) is 12.8 Å². The molecule has 0 aliphatic heterocycles. The molecule has 4 fully saturated rings. The SMILES string of the molecule is C=C1[C@H](O)C[C@H]2[C@H]3[C@@H]1[C@]2(C)CC[C@H]3C(C)C. The summed E-state index contributed by atoms with van der Waals surface area (Å²) >= 11 is 0. The minimum atomic E-state index is -0.203. The molecule has 4 rings (SSSR count). The van der Waals surface area contributed by atoms with Crippen LogP contribution in [0.1, 0.15) is 40.0 Å². The third kappa shape index (κ3) is 1.06. The van der Waals surface area contributed by atoms with E-state index in [0.29, 0.717) is 11.3 Å². The Bertz CT molecular complexity index is 332. The molecule has 4 aliphatic rings. The van der Waals surface area contributed by atoms with E-state index in [0.717, 1.165) is 35.7 Å². The molecule has 16 heavy (non-hydrogen) atoms. The summed E-state index contributed by atoms with van der Waals surface area (Å²) in [6.45, 7) is 11.3. The van der Waals surface area contributed by atoms with Gasteiger partial charge in [-0.15, -0.1) is 0 Å². The molecule has 1 N–H and O–H groups in total. The monoisotopic (exact) mass is 220 g/mol. The number of aliphatic hydroxyl groups excluding tert-OH is 1. The van der Waals surface area contributed by atoms with Crippen LogP contribution in [-0.4, -0.2) is 11.2 Å². The van der Waals surface area contributed by atoms with Crippen molar-refractivity contribution in [1.82, 2.24) is 0 Å². The Kier molecular flexibility index (Phi) is 2.12. The van der Waals surface area contributed by atoms with Gasteiger partial charge >= 0.3 is 0 Å². The molecule has 0 aromatic rings. The van der Waals surface area contributed by atoms with E-state index in [1.54, 1.807) is 0 Å². The average Bonchev–Trinajstić information content (AvgIpc) is 2.22. The second-order valence-corrected chi connectivity index (χ2v) is 6.94. The zero-order valence-corrected chi connectivity index (χ0v) is 10.7. The molecule has 4 saturated carbocycles. The van der Waals surface area contributed by atoms with Gasteiger partial charge in [-0.05, 0) is 59.8 Å². The molecule has 0 heterocycles. The minimum Gasteiger partial charge on any atom is -0.389 e. The third-order valence-corrected chi connectivity index (χ3v) is 6.08. The van der Waals surface area contributed by atoms with Gasteiger partial charge in [0.2, 0.25) is 0 Å². The van der Waals surface area contributed by atoms with Crippen LogP contribution < -0.4 is 0 Å². The summed E-state index contributed by atoms with van der Waals surface area (Å²) < 4.78 is 0. The summed E-state index contributed by atoms with van der Waals surface area (Å²) in [6.07, 6.45) is 3.53. The summed E-state index contributed by atoms with van der Waals surface area (Å²) in [5.41, 5.74) is 1.65. The van der Waals surface area contributed by atoms with Gasteiger partial charge in [-0.1, -0.05) is 27.4 Å². The molecule has 0 aromatic heterocycles. The van der Waals surface area contributed by atoms with Crippen LogP contribution in [0.4, 0.5) is 0 Å². The van der Waals surface area contributed by atoms with E-state index < -0.39 is 0 Å². The first-order valence-corrected chi connectivity index (χ1v) is 6.83. The molecule has 1 heteroatoms. The molecular weight excluding hydrogens is 196 g/mol. The van der Waals surface area contributed by atoms with Gasteiger partial charge in [-0.3, -0.25) is 0 Å². The van der Waals surface area contributed by atoms with E-state index >= 15 is 0 Å². The summed E-state index contributed by atoms with van der Waals surface area (Å²) in [6, 6.07) is 0. The molecular formula is C15H24O. The van der Waals surface area contributed by atoms with Crippen molar-refractivity contribution < 1.29 is 5.11 Å². The van der Waals surface area contributed by atoms with Crippen molar-refractivity contribution in [2.45, 2.75) is 46.1 Å². The van der Waals surface area contributed by atoms with E-state index in [-0.39, 0.29) is 6.10 Å². The van der Waals surface area contributed by atoms with Crippen molar-refractivity contribution >= 4 is 0 Å². The van der Waals surface area contributed by atoms with Crippen molar-refractivity contribution in [2.75, 3.05) is 0 Å². The van der Waals surface area contributed by atoms with Gasteiger partial charge in [0.25, 0.3) is 0 Å². The number of rotatable bonds is 1. The normalized spacial score (nSPS) is 55.1. The van der Waals surface area contributed by atoms with Crippen molar-refractivity contribution in [3.63, 3.8) is 0 Å². The van der Waals surface area contributed by atoms with Crippen LogP contribution in [0.25, 0.3) is 0 Å². The quantitative estimate of drug-likeness (QED) is 0.673. The third-order valence-electron chi connectivity index (χ3n) is 6.08. The Labute approximate surface area is 98.9 Å². The second kappa shape index (κ2) is 3.13. The first kappa shape index (κ1) is 10.8. The molecule has 0 aromatic carbocycles. The van der Waals surface area contributed by atoms with Gasteiger partial charge in [0.05, 0.1) is 6.10 Å². The van der Waals surface area contributed by atoms with Crippen LogP contribution in [0.2, 0.25) is 0 Å². The van der Waals surface area contributed by atoms with Gasteiger partial charge in [-0.2, -0.15) is 0 Å². The first-order chi connectivity index (χ1) is 7.47. The summed E-state index contributed by atoms with van der Waals surface area (Å²) in [5, 5.41) is 9.97. The van der Waals surface area contributed by atoms with Crippen LogP contribution >= 0.6 is 0 Å². The maximum atomic E-state index is 9.97. The van der Waals surface area contributed by atoms with Crippen LogP contribution in [0.15, 0.2) is 12.2 Å². The summed E-state index contributed by atoms with van der Waals surface area (Å²) in [5.74, 6) is 3.92. The molecule has 90 valence electrons. The molecule has 0 saturated heterocycles. The number of aliphatic hydroxyl groups is 1. The Morgan fingerprint density at radius 1 is 1.44 bits per heavy atom. The van der Waals surface area contributed by atoms with E-state index in [1.807, 2.05) is 0 Å². The Balaban J connectivity index is 1.93. The van der Waals surface area contributed by atoms with Crippen molar-refractivity contribution in [3.05, 3.63) is 12.2 Å². The zero-order chi connectivity index (χ0) is 11.7. The highest BCUT2D eigenvalue weighted by molar-refractivity contribution is 5.29. The van der Waals surface area contributed by atoms with Gasteiger partial charge in [0.1, 0.15) is 0 Å². The molecule has 6 atom stereocenters. The molecule has 0 unspecified atom stereocenters. The number of fused-ring (bicyclic) bond motifs is 2. The molecule has 4 bridgehead atoms. The molecule has 0 radical (unpaired) electrons. The lowest BCUT2D eigenvalue weighted by Gasteiger charge is -2.71. The topological polar surface area (TPSA) is 20.2 Å². The summed E-state index contributed by atoms with van der Waals surface area (Å²) in [7, 11) is 0. The average molecular weight is 220 g/mol. The highest BCUT2D eigenvalue weighted by Gasteiger charge is 2.67. The zero-order valence-electron chi connectivity index (χ0n) is 10.7. The van der Waals surface area contributed by atoms with Crippen molar-refractivity contribution in [3.8, 4) is 0 Å². The fourth-order valence-corrected chi connectivity index (χ4v) is 5.25. The van der Waals surface area contributed by atoms with Crippen LogP contribution in [0.5, 0.6) is 0 Å². The van der Waals surface area contributed by atoms with E-state index in [4.69, 9.17) is 0 Å². The standard InChI is InChI=1S/C15H24O/c1-8(2)10-5-6-15(4)11-7-12(16)9(3)14(15)13(10)11/h8,10-14,16H,3,5-7H2,1-2,4H3/t10-,11-,12+,13-,14+,15+/m0/s1. The smallest absolute Gasteiger partial charge is 0.0753 e. The predicted octanol–water partition coefficient (Wildman–Crippen LogP) is 3.24. The lowest BCUT2D eigenvalue weighted by Crippen LogP contribution is -2.67. The van der Waals surface area contributed by atoms with Crippen LogP contribution in [-0.2, 0) is 0 Å². The van der Waals surface area contributed by atoms with Gasteiger partial charge < -0.3 is 5.11 Å². The molecule has 0 amide bonds. The number of hydrogen-bond acceptors (Lipinski definition) is 1. The molecule has 0 spiro atoms. The lowest BCUT2D eigenvalue weighted by molar-refractivity contribution is -0.211. The van der Waals surface area contributed by atoms with Crippen LogP contribution in [0.3, 0.4) is 0 Å². The number of hydrogen-bond donors (Lipinski definition) is 1. The fraction of sp³-hybridized carbons (Fsp3) is 0.867. The lowest BCUT2D eigenvalue weighted by atomic mass is 9.33. The van der Waals surface area contributed by atoms with Gasteiger partial charge in [0, 0.05) is 0 Å². The Hall–Kier alpha value is -0.300. The fourth-order valence-electron chi connectivity index (χ4n) is 5.25. The van der Waals surface area contributed by atoms with E-state index in [9.17, 15) is 5.11 Å². The molecule has 1 nitrogen and oxygen atoms in total. The largest absolute Gasteiger partial charge is 0.389 e. The van der Waals surface area contributed by atoms with Gasteiger partial charge in [-0.25, -0.2) is 0 Å². The maximum absolute atomic E-state index is 9.97. The highest BCUT2D eigenvalue weighted by atomic mass is 16.3. The van der Waals surface area contributed by atoms with Crippen LogP contribution in [0, 0.1) is 35.0 Å². The second-order valence-electron chi connectivity index (χ2n) is 6.94. The predicted molar refractivity (Wildman–Crippen MR) is 65.9 cm³/mol. The Morgan fingerprint density at radius 2 is 2.12 bits per heavy atom. The van der Waals surface area contributed by atoms with Crippen molar-refractivity contribution in [2.24, 2.45) is 35.0 Å². The molecule has 4 aliphatic carbocycles. The highest BCUT2D eigenvalue weighted by Crippen LogP contribution is 2.72. The van der Waals surface area contributed by atoms with E-state index in [2.05, 4.69) is 27.4 Å². The van der Waals surface area contributed by atoms with Gasteiger partial charge in [0.15, 0.2) is 0 Å².